The Balaban J connectivity index is 1.64. The molecule has 3 aromatic heterocycles. The number of nitrogen functional groups attached to an aromatic ring is 1. The third-order valence-corrected chi connectivity index (χ3v) is 6.04. The van der Waals surface area contributed by atoms with Crippen LogP contribution >= 0.6 is 11.8 Å². The highest BCUT2D eigenvalue weighted by atomic mass is 32.2. The quantitative estimate of drug-likeness (QED) is 0.392. The molecule has 0 amide bonds. The molecule has 166 valence electrons. The van der Waals surface area contributed by atoms with Gasteiger partial charge in [-0.2, -0.15) is 13.5 Å². The van der Waals surface area contributed by atoms with Crippen LogP contribution in [0.1, 0.15) is 11.8 Å². The second-order valence-corrected chi connectivity index (χ2v) is 8.81. The summed E-state index contributed by atoms with van der Waals surface area (Å²) in [7, 11) is -4.29. The van der Waals surface area contributed by atoms with Crippen molar-refractivity contribution in [3.05, 3.63) is 36.4 Å². The molecule has 31 heavy (non-hydrogen) atoms. The number of hydrogen-bond donors (Lipinski definition) is 3. The molecule has 4 atom stereocenters. The number of aliphatic hydroxyl groups is 1. The molecule has 0 bridgehead atoms. The summed E-state index contributed by atoms with van der Waals surface area (Å²) in [6.07, 6.45) is -1.76. The highest BCUT2D eigenvalue weighted by molar-refractivity contribution is 7.98. The number of nitrogens with zero attached hydrogens (tertiary/aromatic N) is 5. The Morgan fingerprint density at radius 1 is 1.32 bits per heavy atom. The molecule has 1 fully saturated rings. The van der Waals surface area contributed by atoms with Gasteiger partial charge in [0.15, 0.2) is 18.0 Å². The molecule has 0 radical (unpaired) electrons. The summed E-state index contributed by atoms with van der Waals surface area (Å²) >= 11 is 1.33. The van der Waals surface area contributed by atoms with Gasteiger partial charge in [0.05, 0.1) is 12.0 Å². The fourth-order valence-electron chi connectivity index (χ4n) is 3.07. The van der Waals surface area contributed by atoms with Crippen LogP contribution in [0.2, 0.25) is 0 Å². The lowest BCUT2D eigenvalue weighted by Crippen LogP contribution is -2.33. The zero-order valence-corrected chi connectivity index (χ0v) is 17.4. The van der Waals surface area contributed by atoms with Crippen molar-refractivity contribution in [2.75, 3.05) is 12.3 Å². The van der Waals surface area contributed by atoms with Crippen LogP contribution in [-0.2, 0) is 25.0 Å². The number of pyridine rings is 1. The number of aromatic nitrogens is 5. The number of thioether (sulfide) groups is 1. The molecule has 12 nitrogen and oxygen atoms in total. The number of alkyl halides is 1. The molecule has 0 unspecified atom stereocenters. The van der Waals surface area contributed by atoms with E-state index in [1.165, 1.54) is 18.1 Å². The zero-order chi connectivity index (χ0) is 22.2. The molecule has 4 rings (SSSR count). The summed E-state index contributed by atoms with van der Waals surface area (Å²) in [6.45, 7) is -0.656. The molecule has 5 N–H and O–H groups in total. The van der Waals surface area contributed by atoms with Gasteiger partial charge < -0.3 is 15.6 Å². The van der Waals surface area contributed by atoms with E-state index in [0.717, 1.165) is 10.2 Å². The van der Waals surface area contributed by atoms with E-state index in [1.54, 1.807) is 12.4 Å². The molecule has 4 heterocycles. The summed E-state index contributed by atoms with van der Waals surface area (Å²) < 4.78 is 48.0. The first-order chi connectivity index (χ1) is 14.7. The Labute approximate surface area is 180 Å². The monoisotopic (exact) mass is 471 g/mol. The van der Waals surface area contributed by atoms with E-state index in [9.17, 15) is 17.9 Å². The van der Waals surface area contributed by atoms with E-state index in [1.807, 2.05) is 12.1 Å². The number of halogens is 1. The minimum atomic E-state index is -4.29. The van der Waals surface area contributed by atoms with Gasteiger partial charge in [-0.1, -0.05) is 11.8 Å². The topological polar surface area (TPSA) is 181 Å². The Bertz CT molecular complexity index is 1180. The average molecular weight is 471 g/mol. The van der Waals surface area contributed by atoms with Crippen molar-refractivity contribution in [1.82, 2.24) is 24.7 Å². The van der Waals surface area contributed by atoms with Gasteiger partial charge in [-0.15, -0.1) is 0 Å². The van der Waals surface area contributed by atoms with Gasteiger partial charge >= 0.3 is 10.3 Å². The molecule has 3 aromatic rings. The van der Waals surface area contributed by atoms with Crippen molar-refractivity contribution in [3.8, 4) is 0 Å². The van der Waals surface area contributed by atoms with E-state index in [-0.39, 0.29) is 11.5 Å². The van der Waals surface area contributed by atoms with Crippen molar-refractivity contribution in [2.45, 2.75) is 35.4 Å². The lowest BCUT2D eigenvalue weighted by Gasteiger charge is -2.14. The molecule has 0 aliphatic carbocycles. The summed E-state index contributed by atoms with van der Waals surface area (Å²) in [5.74, 6) is 0.678. The van der Waals surface area contributed by atoms with Gasteiger partial charge in [0.2, 0.25) is 0 Å². The van der Waals surface area contributed by atoms with Crippen molar-refractivity contribution >= 4 is 38.9 Å². The largest absolute Gasteiger partial charge is 0.387 e. The number of ether oxygens (including phenoxy) is 1. The van der Waals surface area contributed by atoms with Gasteiger partial charge in [0.1, 0.15) is 29.4 Å². The van der Waals surface area contributed by atoms with E-state index in [4.69, 9.17) is 15.6 Å². The Morgan fingerprint density at radius 2 is 2.06 bits per heavy atom. The fourth-order valence-corrected chi connectivity index (χ4v) is 4.38. The molecule has 0 spiro atoms. The molecule has 1 aliphatic rings. The van der Waals surface area contributed by atoms with Crippen LogP contribution in [0, 0.1) is 0 Å². The first kappa shape index (κ1) is 21.8. The lowest BCUT2D eigenvalue weighted by molar-refractivity contribution is -0.0456. The highest BCUT2D eigenvalue weighted by Gasteiger charge is 2.47. The molecule has 0 saturated carbocycles. The summed E-state index contributed by atoms with van der Waals surface area (Å²) in [5, 5.41) is 20.2. The average Bonchev–Trinajstić information content (AvgIpc) is 3.24. The standard InChI is InChI=1S/C16H18FN7O5S2/c17-11-12(25)9(5-28-31(19,26)27)29-16(11)24-14-10(13(18)21-7-22-14)15(23-24)30-6-8-1-3-20-4-2-8/h1-4,7,9,11-12,16,25H,5-6H2,(H2,18,21,22)(H2,19,26,27)/t9-,11+,12-,16-/m1/s1. The first-order valence-electron chi connectivity index (χ1n) is 8.89. The Morgan fingerprint density at radius 3 is 2.77 bits per heavy atom. The van der Waals surface area contributed by atoms with E-state index >= 15 is 0 Å². The molecule has 15 heteroatoms. The number of aliphatic hydroxyl groups excluding tert-OH is 1. The number of rotatable bonds is 7. The normalized spacial score (nSPS) is 24.1. The van der Waals surface area contributed by atoms with E-state index in [0.29, 0.717) is 16.2 Å². The van der Waals surface area contributed by atoms with Crippen LogP contribution in [0.4, 0.5) is 10.2 Å². The highest BCUT2D eigenvalue weighted by Crippen LogP contribution is 2.38. The van der Waals surface area contributed by atoms with Gasteiger partial charge in [-0.05, 0) is 17.7 Å². The number of anilines is 1. The number of nitrogens with two attached hydrogens (primary N) is 2. The van der Waals surface area contributed by atoms with Gasteiger partial charge in [0.25, 0.3) is 0 Å². The van der Waals surface area contributed by atoms with Gasteiger partial charge in [-0.25, -0.2) is 24.2 Å². The molecule has 1 saturated heterocycles. The third kappa shape index (κ3) is 4.60. The van der Waals surface area contributed by atoms with Crippen molar-refractivity contribution in [2.24, 2.45) is 5.14 Å². The minimum absolute atomic E-state index is 0.150. The maximum atomic E-state index is 14.9. The van der Waals surface area contributed by atoms with Crippen LogP contribution in [0.15, 0.2) is 35.9 Å². The maximum Gasteiger partial charge on any atom is 0.333 e. The first-order valence-corrected chi connectivity index (χ1v) is 11.4. The SMILES string of the molecule is Nc1ncnc2c1c(SCc1ccncc1)nn2[C@@H]1O[C@H](COS(N)(=O)=O)[C@@H](O)[C@@H]1F. The lowest BCUT2D eigenvalue weighted by atomic mass is 10.1. The van der Waals surface area contributed by atoms with Crippen LogP contribution in [0.3, 0.4) is 0 Å². The predicted molar refractivity (Wildman–Crippen MR) is 107 cm³/mol. The van der Waals surface area contributed by atoms with Gasteiger partial charge in [-0.3, -0.25) is 9.17 Å². The molecule has 0 aromatic carbocycles. The van der Waals surface area contributed by atoms with Crippen molar-refractivity contribution in [3.63, 3.8) is 0 Å². The summed E-state index contributed by atoms with van der Waals surface area (Å²) in [6, 6.07) is 3.69. The summed E-state index contributed by atoms with van der Waals surface area (Å²) in [4.78, 5) is 12.1. The molecular formula is C16H18FN7O5S2. The number of hydrogen-bond acceptors (Lipinski definition) is 11. The number of fused-ring (bicyclic) bond motifs is 1. The van der Waals surface area contributed by atoms with Crippen LogP contribution in [0.25, 0.3) is 11.0 Å². The minimum Gasteiger partial charge on any atom is -0.387 e. The van der Waals surface area contributed by atoms with Crippen LogP contribution in [-0.4, -0.2) is 63.2 Å². The van der Waals surface area contributed by atoms with Crippen molar-refractivity contribution < 1.29 is 26.8 Å². The van der Waals surface area contributed by atoms with Crippen molar-refractivity contribution in [1.29, 1.82) is 0 Å². The Kier molecular flexibility index (Phi) is 6.05. The fraction of sp³-hybridized carbons (Fsp3) is 0.375. The van der Waals surface area contributed by atoms with E-state index < -0.39 is 41.5 Å². The maximum absolute atomic E-state index is 14.9. The second kappa shape index (κ2) is 8.60. The van der Waals surface area contributed by atoms with E-state index in [2.05, 4.69) is 24.2 Å². The Hall–Kier alpha value is -2.43. The predicted octanol–water partition coefficient (Wildman–Crippen LogP) is -0.0877. The van der Waals surface area contributed by atoms with Crippen LogP contribution in [0.5, 0.6) is 0 Å². The van der Waals surface area contributed by atoms with Crippen LogP contribution < -0.4 is 10.9 Å². The zero-order valence-electron chi connectivity index (χ0n) is 15.8. The molecule has 1 aliphatic heterocycles. The smallest absolute Gasteiger partial charge is 0.333 e. The summed E-state index contributed by atoms with van der Waals surface area (Å²) in [5.41, 5.74) is 7.20. The third-order valence-electron chi connectivity index (χ3n) is 4.54. The van der Waals surface area contributed by atoms with Gasteiger partial charge in [0, 0.05) is 18.1 Å². The second-order valence-electron chi connectivity index (χ2n) is 6.63. The molecular weight excluding hydrogens is 453 g/mol.